The fourth-order valence-electron chi connectivity index (χ4n) is 1.96. The predicted molar refractivity (Wildman–Crippen MR) is 81.8 cm³/mol. The Bertz CT molecular complexity index is 564. The van der Waals surface area contributed by atoms with Gasteiger partial charge in [-0.2, -0.15) is 5.10 Å². The summed E-state index contributed by atoms with van der Waals surface area (Å²) in [7, 11) is 3.60. The predicted octanol–water partition coefficient (Wildman–Crippen LogP) is 3.47. The van der Waals surface area contributed by atoms with Crippen molar-refractivity contribution in [3.8, 4) is 5.75 Å². The zero-order valence-corrected chi connectivity index (χ0v) is 13.6. The van der Waals surface area contributed by atoms with E-state index in [9.17, 15) is 0 Å². The van der Waals surface area contributed by atoms with Gasteiger partial charge in [-0.1, -0.05) is 19.1 Å². The van der Waals surface area contributed by atoms with Gasteiger partial charge < -0.3 is 9.47 Å². The molecule has 20 heavy (non-hydrogen) atoms. The van der Waals surface area contributed by atoms with Gasteiger partial charge in [0.2, 0.25) is 0 Å². The summed E-state index contributed by atoms with van der Waals surface area (Å²) in [5.74, 6) is 0.857. The molecule has 0 aliphatic heterocycles. The number of rotatable bonds is 6. The molecule has 0 N–H and O–H groups in total. The van der Waals surface area contributed by atoms with Gasteiger partial charge in [-0.25, -0.2) is 0 Å². The quantitative estimate of drug-likeness (QED) is 0.809. The van der Waals surface area contributed by atoms with E-state index < -0.39 is 0 Å². The van der Waals surface area contributed by atoms with Crippen LogP contribution >= 0.6 is 15.9 Å². The molecular formula is C15H19BrN2O2. The largest absolute Gasteiger partial charge is 0.497 e. The molecule has 0 saturated heterocycles. The first kappa shape index (κ1) is 15.1. The molecule has 4 nitrogen and oxygen atoms in total. The minimum Gasteiger partial charge on any atom is -0.497 e. The average Bonchev–Trinajstić information content (AvgIpc) is 2.75. The highest BCUT2D eigenvalue weighted by molar-refractivity contribution is 9.10. The Balaban J connectivity index is 1.94. The second-order valence-electron chi connectivity index (χ2n) is 4.53. The van der Waals surface area contributed by atoms with Crippen molar-refractivity contribution in [1.82, 2.24) is 9.78 Å². The minimum absolute atomic E-state index is 0.538. The molecule has 1 aromatic carbocycles. The van der Waals surface area contributed by atoms with E-state index in [0.717, 1.165) is 33.6 Å². The lowest BCUT2D eigenvalue weighted by molar-refractivity contribution is 0.101. The Hall–Kier alpha value is -1.33. The highest BCUT2D eigenvalue weighted by atomic mass is 79.9. The zero-order chi connectivity index (χ0) is 14.5. The number of ether oxygens (including phenoxy) is 2. The van der Waals surface area contributed by atoms with Gasteiger partial charge in [0.1, 0.15) is 5.75 Å². The molecule has 0 unspecified atom stereocenters. The van der Waals surface area contributed by atoms with Gasteiger partial charge in [0, 0.05) is 7.05 Å². The lowest BCUT2D eigenvalue weighted by atomic mass is 10.2. The molecule has 0 aliphatic rings. The molecule has 0 saturated carbocycles. The van der Waals surface area contributed by atoms with E-state index in [0.29, 0.717) is 13.2 Å². The number of hydrogen-bond donors (Lipinski definition) is 0. The Labute approximate surface area is 127 Å². The summed E-state index contributed by atoms with van der Waals surface area (Å²) >= 11 is 3.59. The maximum Gasteiger partial charge on any atom is 0.118 e. The van der Waals surface area contributed by atoms with Crippen LogP contribution in [0.3, 0.4) is 0 Å². The monoisotopic (exact) mass is 338 g/mol. The van der Waals surface area contributed by atoms with Gasteiger partial charge in [-0.05, 0) is 40.0 Å². The fraction of sp³-hybridized carbons (Fsp3) is 0.400. The van der Waals surface area contributed by atoms with Crippen LogP contribution in [0.4, 0.5) is 0 Å². The summed E-state index contributed by atoms with van der Waals surface area (Å²) in [5, 5.41) is 4.45. The number of methoxy groups -OCH3 is 1. The van der Waals surface area contributed by atoms with Crippen LogP contribution < -0.4 is 4.74 Å². The molecule has 1 aromatic heterocycles. The highest BCUT2D eigenvalue weighted by Crippen LogP contribution is 2.22. The zero-order valence-electron chi connectivity index (χ0n) is 12.0. The van der Waals surface area contributed by atoms with Gasteiger partial charge in [-0.3, -0.25) is 4.68 Å². The molecule has 5 heteroatoms. The van der Waals surface area contributed by atoms with Crippen molar-refractivity contribution in [2.75, 3.05) is 7.11 Å². The molecule has 0 radical (unpaired) electrons. The SMILES string of the molecule is CCc1nn(C)c(COCc2ccc(OC)cc2)c1Br. The highest BCUT2D eigenvalue weighted by Gasteiger charge is 2.12. The third kappa shape index (κ3) is 3.41. The van der Waals surface area contributed by atoms with Crippen molar-refractivity contribution in [1.29, 1.82) is 0 Å². The maximum absolute atomic E-state index is 5.77. The third-order valence-corrected chi connectivity index (χ3v) is 4.08. The Kier molecular flexibility index (Phi) is 5.20. The van der Waals surface area contributed by atoms with Gasteiger partial charge >= 0.3 is 0 Å². The first-order valence-corrected chi connectivity index (χ1v) is 7.36. The molecule has 0 amide bonds. The molecule has 0 bridgehead atoms. The Morgan fingerprint density at radius 2 is 1.90 bits per heavy atom. The fourth-order valence-corrected chi connectivity index (χ4v) is 2.69. The molecule has 0 atom stereocenters. The van der Waals surface area contributed by atoms with Gasteiger partial charge in [0.05, 0.1) is 36.2 Å². The lowest BCUT2D eigenvalue weighted by Crippen LogP contribution is -2.02. The molecule has 0 aliphatic carbocycles. The van der Waals surface area contributed by atoms with Gasteiger partial charge in [0.25, 0.3) is 0 Å². The molecule has 2 rings (SSSR count). The molecule has 0 spiro atoms. The van der Waals surface area contributed by atoms with Crippen LogP contribution in [-0.2, 0) is 31.4 Å². The first-order valence-electron chi connectivity index (χ1n) is 6.56. The summed E-state index contributed by atoms with van der Waals surface area (Å²) in [5.41, 5.74) is 3.26. The summed E-state index contributed by atoms with van der Waals surface area (Å²) in [6.45, 7) is 3.20. The maximum atomic E-state index is 5.77. The number of halogens is 1. The van der Waals surface area contributed by atoms with Gasteiger partial charge in [0.15, 0.2) is 0 Å². The van der Waals surface area contributed by atoms with E-state index in [-0.39, 0.29) is 0 Å². The van der Waals surface area contributed by atoms with E-state index >= 15 is 0 Å². The van der Waals surface area contributed by atoms with Crippen LogP contribution in [-0.4, -0.2) is 16.9 Å². The summed E-state index contributed by atoms with van der Waals surface area (Å²) < 4.78 is 13.8. The van der Waals surface area contributed by atoms with Gasteiger partial charge in [-0.15, -0.1) is 0 Å². The van der Waals surface area contributed by atoms with Crippen LogP contribution in [0.5, 0.6) is 5.75 Å². The second-order valence-corrected chi connectivity index (χ2v) is 5.32. The van der Waals surface area contributed by atoms with Crippen molar-refractivity contribution >= 4 is 15.9 Å². The average molecular weight is 339 g/mol. The third-order valence-electron chi connectivity index (χ3n) is 3.17. The molecule has 2 aromatic rings. The van der Waals surface area contributed by atoms with Crippen LogP contribution in [0.25, 0.3) is 0 Å². The van der Waals surface area contributed by atoms with Crippen molar-refractivity contribution in [2.24, 2.45) is 7.05 Å². The summed E-state index contributed by atoms with van der Waals surface area (Å²) in [6.07, 6.45) is 0.910. The van der Waals surface area contributed by atoms with Crippen LogP contribution in [0, 0.1) is 0 Å². The first-order chi connectivity index (χ1) is 9.65. The molecule has 0 fully saturated rings. The lowest BCUT2D eigenvalue weighted by Gasteiger charge is -2.06. The van der Waals surface area contributed by atoms with E-state index in [1.54, 1.807) is 7.11 Å². The van der Waals surface area contributed by atoms with Crippen molar-refractivity contribution in [3.05, 3.63) is 45.7 Å². The molecule has 108 valence electrons. The minimum atomic E-state index is 0.538. The van der Waals surface area contributed by atoms with E-state index in [1.165, 1.54) is 0 Å². The van der Waals surface area contributed by atoms with Crippen molar-refractivity contribution < 1.29 is 9.47 Å². The van der Waals surface area contributed by atoms with E-state index in [1.807, 2.05) is 36.0 Å². The number of aryl methyl sites for hydroxylation is 2. The van der Waals surface area contributed by atoms with Crippen molar-refractivity contribution in [2.45, 2.75) is 26.6 Å². The summed E-state index contributed by atoms with van der Waals surface area (Å²) in [6, 6.07) is 7.89. The van der Waals surface area contributed by atoms with Crippen LogP contribution in [0.15, 0.2) is 28.7 Å². The number of benzene rings is 1. The van der Waals surface area contributed by atoms with Crippen molar-refractivity contribution in [3.63, 3.8) is 0 Å². The second kappa shape index (κ2) is 6.90. The molecule has 1 heterocycles. The number of nitrogens with zero attached hydrogens (tertiary/aromatic N) is 2. The van der Waals surface area contributed by atoms with Crippen LogP contribution in [0.1, 0.15) is 23.9 Å². The van der Waals surface area contributed by atoms with E-state index in [4.69, 9.17) is 9.47 Å². The Morgan fingerprint density at radius 1 is 1.20 bits per heavy atom. The Morgan fingerprint density at radius 3 is 2.45 bits per heavy atom. The van der Waals surface area contributed by atoms with Crippen LogP contribution in [0.2, 0.25) is 0 Å². The normalized spacial score (nSPS) is 10.8. The molecular weight excluding hydrogens is 320 g/mol. The smallest absolute Gasteiger partial charge is 0.118 e. The standard InChI is InChI=1S/C15H19BrN2O2/c1-4-13-15(16)14(18(2)17-13)10-20-9-11-5-7-12(19-3)8-6-11/h5-8H,4,9-10H2,1-3H3. The number of aromatic nitrogens is 2. The number of hydrogen-bond acceptors (Lipinski definition) is 3. The topological polar surface area (TPSA) is 36.3 Å². The summed E-state index contributed by atoms with van der Waals surface area (Å²) in [4.78, 5) is 0. The van der Waals surface area contributed by atoms with E-state index in [2.05, 4.69) is 28.0 Å².